The lowest BCUT2D eigenvalue weighted by Crippen LogP contribution is -1.90. The van der Waals surface area contributed by atoms with Crippen LogP contribution in [0.3, 0.4) is 0 Å². The highest BCUT2D eigenvalue weighted by molar-refractivity contribution is 9.11. The molecular formula is C15H10Br2O3. The van der Waals surface area contributed by atoms with Crippen molar-refractivity contribution in [2.24, 2.45) is 0 Å². The fourth-order valence-corrected chi connectivity index (χ4v) is 2.68. The van der Waals surface area contributed by atoms with Gasteiger partial charge in [0, 0.05) is 16.1 Å². The van der Waals surface area contributed by atoms with E-state index in [0.717, 1.165) is 15.0 Å². The Balaban J connectivity index is 2.31. The van der Waals surface area contributed by atoms with Crippen LogP contribution < -0.4 is 4.74 Å². The largest absolute Gasteiger partial charge is 0.478 e. The van der Waals surface area contributed by atoms with Crippen LogP contribution in [0.25, 0.3) is 6.08 Å². The Morgan fingerprint density at radius 2 is 1.85 bits per heavy atom. The Kier molecular flexibility index (Phi) is 4.98. The molecule has 20 heavy (non-hydrogen) atoms. The highest BCUT2D eigenvalue weighted by Crippen LogP contribution is 2.33. The second kappa shape index (κ2) is 6.72. The molecule has 3 nitrogen and oxygen atoms in total. The minimum absolute atomic E-state index is 0.591. The molecule has 1 N–H and O–H groups in total. The van der Waals surface area contributed by atoms with E-state index in [1.165, 1.54) is 6.08 Å². The van der Waals surface area contributed by atoms with E-state index in [9.17, 15) is 4.79 Å². The number of carboxylic acid groups (broad SMARTS) is 1. The van der Waals surface area contributed by atoms with E-state index in [1.54, 1.807) is 12.1 Å². The lowest BCUT2D eigenvalue weighted by atomic mass is 10.2. The van der Waals surface area contributed by atoms with Gasteiger partial charge in [0.05, 0.1) is 4.47 Å². The number of para-hydroxylation sites is 1. The Morgan fingerprint density at radius 1 is 1.10 bits per heavy atom. The number of halogens is 2. The number of hydrogen-bond acceptors (Lipinski definition) is 2. The molecule has 2 rings (SSSR count). The Morgan fingerprint density at radius 3 is 2.55 bits per heavy atom. The van der Waals surface area contributed by atoms with Gasteiger partial charge in [-0.05, 0) is 46.3 Å². The summed E-state index contributed by atoms with van der Waals surface area (Å²) in [6.07, 6.45) is 2.59. The maximum Gasteiger partial charge on any atom is 0.328 e. The molecule has 5 heteroatoms. The van der Waals surface area contributed by atoms with Crippen molar-refractivity contribution in [2.75, 3.05) is 0 Å². The summed E-state index contributed by atoms with van der Waals surface area (Å²) in [6, 6.07) is 12.8. The van der Waals surface area contributed by atoms with E-state index < -0.39 is 5.97 Å². The van der Waals surface area contributed by atoms with E-state index in [2.05, 4.69) is 31.9 Å². The van der Waals surface area contributed by atoms with Crippen molar-refractivity contribution in [3.05, 3.63) is 63.0 Å². The third-order valence-corrected chi connectivity index (χ3v) is 3.55. The monoisotopic (exact) mass is 396 g/mol. The summed E-state index contributed by atoms with van der Waals surface area (Å²) in [5.74, 6) is 0.252. The Labute approximate surface area is 133 Å². The predicted octanol–water partition coefficient (Wildman–Crippen LogP) is 5.10. The van der Waals surface area contributed by atoms with Gasteiger partial charge in [0.15, 0.2) is 0 Å². The summed E-state index contributed by atoms with van der Waals surface area (Å²) in [4.78, 5) is 10.6. The van der Waals surface area contributed by atoms with Crippen molar-refractivity contribution in [3.63, 3.8) is 0 Å². The van der Waals surface area contributed by atoms with Crippen molar-refractivity contribution >= 4 is 43.9 Å². The third kappa shape index (κ3) is 3.95. The van der Waals surface area contributed by atoms with E-state index >= 15 is 0 Å². The van der Waals surface area contributed by atoms with Gasteiger partial charge in [0.25, 0.3) is 0 Å². The molecule has 0 spiro atoms. The van der Waals surface area contributed by atoms with E-state index in [1.807, 2.05) is 30.3 Å². The average Bonchev–Trinajstić information content (AvgIpc) is 2.41. The van der Waals surface area contributed by atoms with Gasteiger partial charge in [-0.15, -0.1) is 0 Å². The number of carboxylic acids is 1. The van der Waals surface area contributed by atoms with Crippen molar-refractivity contribution < 1.29 is 14.6 Å². The molecular weight excluding hydrogens is 388 g/mol. The van der Waals surface area contributed by atoms with E-state index in [-0.39, 0.29) is 0 Å². The minimum atomic E-state index is -0.996. The first-order chi connectivity index (χ1) is 9.56. The van der Waals surface area contributed by atoms with Gasteiger partial charge in [0.1, 0.15) is 11.5 Å². The molecule has 0 aliphatic carbocycles. The molecule has 0 bridgehead atoms. The molecule has 0 aliphatic heterocycles. The highest BCUT2D eigenvalue weighted by Gasteiger charge is 2.06. The lowest BCUT2D eigenvalue weighted by Gasteiger charge is -2.10. The quantitative estimate of drug-likeness (QED) is 0.730. The highest BCUT2D eigenvalue weighted by atomic mass is 79.9. The number of ether oxygens (including phenoxy) is 1. The van der Waals surface area contributed by atoms with Gasteiger partial charge in [0.2, 0.25) is 0 Å². The molecule has 0 heterocycles. The molecule has 0 amide bonds. The molecule has 2 aromatic carbocycles. The number of benzene rings is 2. The third-order valence-electron chi connectivity index (χ3n) is 2.44. The van der Waals surface area contributed by atoms with Crippen molar-refractivity contribution in [1.29, 1.82) is 0 Å². The fourth-order valence-electron chi connectivity index (χ4n) is 1.55. The second-order valence-corrected chi connectivity index (χ2v) is 5.66. The molecule has 2 aromatic rings. The predicted molar refractivity (Wildman–Crippen MR) is 85.0 cm³/mol. The van der Waals surface area contributed by atoms with Crippen molar-refractivity contribution in [3.8, 4) is 11.5 Å². The minimum Gasteiger partial charge on any atom is -0.478 e. The second-order valence-electron chi connectivity index (χ2n) is 3.89. The van der Waals surface area contributed by atoms with Gasteiger partial charge in [-0.2, -0.15) is 0 Å². The molecule has 0 unspecified atom stereocenters. The van der Waals surface area contributed by atoms with Gasteiger partial charge in [-0.1, -0.05) is 34.1 Å². The van der Waals surface area contributed by atoms with Gasteiger partial charge >= 0.3 is 5.97 Å². The van der Waals surface area contributed by atoms with Gasteiger partial charge < -0.3 is 9.84 Å². The first-order valence-electron chi connectivity index (χ1n) is 5.69. The van der Waals surface area contributed by atoms with Gasteiger partial charge in [-0.3, -0.25) is 0 Å². The summed E-state index contributed by atoms with van der Waals surface area (Å²) in [7, 11) is 0. The van der Waals surface area contributed by atoms with Crippen LogP contribution in [0, 0.1) is 0 Å². The summed E-state index contributed by atoms with van der Waals surface area (Å²) in [6.45, 7) is 0. The summed E-state index contributed by atoms with van der Waals surface area (Å²) in [5.41, 5.74) is 0.699. The fraction of sp³-hybridized carbons (Fsp3) is 0. The molecule has 102 valence electrons. The summed E-state index contributed by atoms with van der Waals surface area (Å²) in [5, 5.41) is 8.69. The smallest absolute Gasteiger partial charge is 0.328 e. The molecule has 0 fully saturated rings. The van der Waals surface area contributed by atoms with Crippen molar-refractivity contribution in [1.82, 2.24) is 0 Å². The van der Waals surface area contributed by atoms with Crippen LogP contribution in [0.5, 0.6) is 11.5 Å². The SMILES string of the molecule is O=C(O)C=Cc1ccccc1Oc1ccc(Br)cc1Br. The number of aliphatic carboxylic acids is 1. The summed E-state index contributed by atoms with van der Waals surface area (Å²) < 4.78 is 7.57. The first kappa shape index (κ1) is 14.8. The van der Waals surface area contributed by atoms with Crippen LogP contribution in [0.2, 0.25) is 0 Å². The zero-order valence-corrected chi connectivity index (χ0v) is 13.4. The molecule has 0 atom stereocenters. The number of carbonyl (C=O) groups is 1. The van der Waals surface area contributed by atoms with Crippen LogP contribution in [0.4, 0.5) is 0 Å². The standard InChI is InChI=1S/C15H10Br2O3/c16-11-6-7-14(12(17)9-11)20-13-4-2-1-3-10(13)5-8-15(18)19/h1-9H,(H,18,19). The summed E-state index contributed by atoms with van der Waals surface area (Å²) >= 11 is 6.80. The molecule has 0 saturated heterocycles. The van der Waals surface area contributed by atoms with Crippen LogP contribution in [0.15, 0.2) is 57.5 Å². The topological polar surface area (TPSA) is 46.5 Å². The number of hydrogen-bond donors (Lipinski definition) is 1. The maximum atomic E-state index is 10.6. The Bertz CT molecular complexity index is 666. The van der Waals surface area contributed by atoms with E-state index in [4.69, 9.17) is 9.84 Å². The molecule has 0 aromatic heterocycles. The normalized spacial score (nSPS) is 10.7. The molecule has 0 radical (unpaired) electrons. The van der Waals surface area contributed by atoms with Crippen LogP contribution >= 0.6 is 31.9 Å². The van der Waals surface area contributed by atoms with Crippen LogP contribution in [-0.2, 0) is 4.79 Å². The lowest BCUT2D eigenvalue weighted by molar-refractivity contribution is -0.131. The zero-order valence-electron chi connectivity index (χ0n) is 10.2. The van der Waals surface area contributed by atoms with E-state index in [0.29, 0.717) is 17.1 Å². The Hall–Kier alpha value is -1.59. The van der Waals surface area contributed by atoms with Crippen LogP contribution in [-0.4, -0.2) is 11.1 Å². The zero-order chi connectivity index (χ0) is 14.5. The van der Waals surface area contributed by atoms with Crippen LogP contribution in [0.1, 0.15) is 5.56 Å². The average molecular weight is 398 g/mol. The van der Waals surface area contributed by atoms with Gasteiger partial charge in [-0.25, -0.2) is 4.79 Å². The van der Waals surface area contributed by atoms with Crippen molar-refractivity contribution in [2.45, 2.75) is 0 Å². The first-order valence-corrected chi connectivity index (χ1v) is 7.28. The maximum absolute atomic E-state index is 10.6. The molecule has 0 aliphatic rings. The molecule has 0 saturated carbocycles. The number of rotatable bonds is 4.